The summed E-state index contributed by atoms with van der Waals surface area (Å²) in [5.41, 5.74) is 2.52. The van der Waals surface area contributed by atoms with Crippen molar-refractivity contribution in [3.8, 4) is 5.75 Å². The van der Waals surface area contributed by atoms with Gasteiger partial charge in [-0.3, -0.25) is 4.79 Å². The molecule has 0 spiro atoms. The summed E-state index contributed by atoms with van der Waals surface area (Å²) in [5.74, 6) is 0.970. The molecule has 28 heavy (non-hydrogen) atoms. The van der Waals surface area contributed by atoms with E-state index < -0.39 is 0 Å². The highest BCUT2D eigenvalue weighted by atomic mass is 32.1. The highest BCUT2D eigenvalue weighted by molar-refractivity contribution is 7.22. The minimum atomic E-state index is -0.237. The molecule has 5 nitrogen and oxygen atoms in total. The Kier molecular flexibility index (Phi) is 4.95. The summed E-state index contributed by atoms with van der Waals surface area (Å²) in [6, 6.07) is 17.1. The molecule has 2 aromatic heterocycles. The Morgan fingerprint density at radius 3 is 2.79 bits per heavy atom. The summed E-state index contributed by atoms with van der Waals surface area (Å²) in [5, 5.41) is 0.583. The van der Waals surface area contributed by atoms with E-state index in [0.29, 0.717) is 22.3 Å². The van der Waals surface area contributed by atoms with E-state index in [0.717, 1.165) is 15.8 Å². The third-order valence-corrected chi connectivity index (χ3v) is 5.22. The fraction of sp³-hybridized carbons (Fsp3) is 0.0909. The number of nitrogens with zero attached hydrogens (tertiary/aromatic N) is 2. The molecule has 2 heterocycles. The Hall–Kier alpha value is -3.38. The molecule has 0 saturated heterocycles. The third kappa shape index (κ3) is 3.54. The third-order valence-electron chi connectivity index (χ3n) is 4.20. The fourth-order valence-corrected chi connectivity index (χ4v) is 3.85. The zero-order chi connectivity index (χ0) is 19.5. The predicted molar refractivity (Wildman–Crippen MR) is 112 cm³/mol. The minimum Gasteiger partial charge on any atom is -0.495 e. The molecule has 0 N–H and O–H groups in total. The van der Waals surface area contributed by atoms with E-state index in [2.05, 4.69) is 4.98 Å². The standard InChI is InChI=1S/C22H18N2O3S/c1-15-9-11-19(26-2)18(14-15)24(21(25)12-10-16-6-5-13-27-16)22-23-17-7-3-4-8-20(17)28-22/h3-14H,1-2H3. The average Bonchev–Trinajstić information content (AvgIpc) is 3.36. The summed E-state index contributed by atoms with van der Waals surface area (Å²) < 4.78 is 11.8. The van der Waals surface area contributed by atoms with Crippen LogP contribution >= 0.6 is 11.3 Å². The number of amides is 1. The van der Waals surface area contributed by atoms with Gasteiger partial charge in [0, 0.05) is 6.08 Å². The van der Waals surface area contributed by atoms with Crippen LogP contribution in [0.15, 0.2) is 71.4 Å². The molecule has 140 valence electrons. The number of rotatable bonds is 5. The molecule has 0 bridgehead atoms. The molecule has 0 aliphatic rings. The highest BCUT2D eigenvalue weighted by Crippen LogP contribution is 2.38. The smallest absolute Gasteiger partial charge is 0.257 e. The van der Waals surface area contributed by atoms with Crippen LogP contribution in [0.3, 0.4) is 0 Å². The second kappa shape index (κ2) is 7.70. The van der Waals surface area contributed by atoms with Crippen LogP contribution in [0.2, 0.25) is 0 Å². The number of hydrogen-bond donors (Lipinski definition) is 0. The molecule has 4 aromatic rings. The topological polar surface area (TPSA) is 55.6 Å². The zero-order valence-corrected chi connectivity index (χ0v) is 16.3. The average molecular weight is 390 g/mol. The van der Waals surface area contributed by atoms with Gasteiger partial charge in [0.2, 0.25) is 0 Å². The lowest BCUT2D eigenvalue weighted by Gasteiger charge is -2.21. The lowest BCUT2D eigenvalue weighted by Crippen LogP contribution is -2.24. The van der Waals surface area contributed by atoms with Crippen LogP contribution in [0.4, 0.5) is 10.8 Å². The fourth-order valence-electron chi connectivity index (χ4n) is 2.86. The molecule has 0 aliphatic heterocycles. The number of thiazole rings is 1. The maximum Gasteiger partial charge on any atom is 0.257 e. The monoisotopic (exact) mass is 390 g/mol. The van der Waals surface area contributed by atoms with Gasteiger partial charge in [0.05, 0.1) is 29.3 Å². The molecule has 0 saturated carbocycles. The van der Waals surface area contributed by atoms with Crippen molar-refractivity contribution in [1.29, 1.82) is 0 Å². The molecular weight excluding hydrogens is 372 g/mol. The lowest BCUT2D eigenvalue weighted by molar-refractivity contribution is -0.113. The number of methoxy groups -OCH3 is 1. The molecule has 0 unspecified atom stereocenters. The summed E-state index contributed by atoms with van der Waals surface area (Å²) in [6.07, 6.45) is 4.69. The van der Waals surface area contributed by atoms with Gasteiger partial charge in [0.15, 0.2) is 5.13 Å². The van der Waals surface area contributed by atoms with Crippen molar-refractivity contribution in [2.75, 3.05) is 12.0 Å². The highest BCUT2D eigenvalue weighted by Gasteiger charge is 2.23. The molecule has 6 heteroatoms. The molecule has 1 amide bonds. The Morgan fingerprint density at radius 2 is 2.04 bits per heavy atom. The predicted octanol–water partition coefficient (Wildman–Crippen LogP) is 5.58. The van der Waals surface area contributed by atoms with Crippen molar-refractivity contribution in [3.05, 3.63) is 78.3 Å². The van der Waals surface area contributed by atoms with Crippen molar-refractivity contribution in [1.82, 2.24) is 4.98 Å². The number of carbonyl (C=O) groups excluding carboxylic acids is 1. The van der Waals surface area contributed by atoms with Crippen LogP contribution in [-0.2, 0) is 4.79 Å². The number of carbonyl (C=O) groups is 1. The van der Waals surface area contributed by atoms with E-state index in [1.54, 1.807) is 36.5 Å². The quantitative estimate of drug-likeness (QED) is 0.417. The van der Waals surface area contributed by atoms with Crippen molar-refractivity contribution in [3.63, 3.8) is 0 Å². The second-order valence-corrected chi connectivity index (χ2v) is 7.17. The molecular formula is C22H18N2O3S. The van der Waals surface area contributed by atoms with Crippen molar-refractivity contribution in [2.45, 2.75) is 6.92 Å². The van der Waals surface area contributed by atoms with Gasteiger partial charge < -0.3 is 9.15 Å². The Balaban J connectivity index is 1.83. The van der Waals surface area contributed by atoms with E-state index in [4.69, 9.17) is 9.15 Å². The van der Waals surface area contributed by atoms with Gasteiger partial charge in [-0.05, 0) is 55.0 Å². The van der Waals surface area contributed by atoms with E-state index >= 15 is 0 Å². The van der Waals surface area contributed by atoms with Gasteiger partial charge in [-0.15, -0.1) is 0 Å². The maximum atomic E-state index is 13.2. The number of furan rings is 1. The zero-order valence-electron chi connectivity index (χ0n) is 15.5. The molecule has 0 atom stereocenters. The number of anilines is 2. The van der Waals surface area contributed by atoms with Crippen LogP contribution < -0.4 is 9.64 Å². The van der Waals surface area contributed by atoms with Crippen LogP contribution in [0.1, 0.15) is 11.3 Å². The first kappa shape index (κ1) is 18.0. The van der Waals surface area contributed by atoms with Crippen molar-refractivity contribution >= 4 is 44.4 Å². The normalized spacial score (nSPS) is 11.2. The van der Waals surface area contributed by atoms with Crippen LogP contribution in [0.5, 0.6) is 5.75 Å². The molecule has 0 radical (unpaired) electrons. The first-order chi connectivity index (χ1) is 13.7. The van der Waals surface area contributed by atoms with E-state index in [9.17, 15) is 4.79 Å². The van der Waals surface area contributed by atoms with Crippen LogP contribution in [0, 0.1) is 6.92 Å². The first-order valence-corrected chi connectivity index (χ1v) is 9.53. The number of benzene rings is 2. The number of fused-ring (bicyclic) bond motifs is 1. The molecule has 2 aromatic carbocycles. The van der Waals surface area contributed by atoms with Gasteiger partial charge in [-0.1, -0.05) is 29.5 Å². The van der Waals surface area contributed by atoms with Gasteiger partial charge in [-0.25, -0.2) is 9.88 Å². The lowest BCUT2D eigenvalue weighted by atomic mass is 10.2. The number of aromatic nitrogens is 1. The number of ether oxygens (including phenoxy) is 1. The molecule has 0 fully saturated rings. The molecule has 4 rings (SSSR count). The van der Waals surface area contributed by atoms with E-state index in [1.165, 1.54) is 17.4 Å². The number of aryl methyl sites for hydroxylation is 1. The largest absolute Gasteiger partial charge is 0.495 e. The van der Waals surface area contributed by atoms with Gasteiger partial charge >= 0.3 is 0 Å². The maximum absolute atomic E-state index is 13.2. The summed E-state index contributed by atoms with van der Waals surface area (Å²) in [4.78, 5) is 19.5. The van der Waals surface area contributed by atoms with Crippen molar-refractivity contribution in [2.24, 2.45) is 0 Å². The summed E-state index contributed by atoms with van der Waals surface area (Å²) >= 11 is 1.46. The Morgan fingerprint density at radius 1 is 1.18 bits per heavy atom. The number of para-hydroxylation sites is 1. The summed E-state index contributed by atoms with van der Waals surface area (Å²) in [7, 11) is 1.59. The van der Waals surface area contributed by atoms with E-state index in [-0.39, 0.29) is 5.91 Å². The minimum absolute atomic E-state index is 0.237. The number of hydrogen-bond acceptors (Lipinski definition) is 5. The molecule has 0 aliphatic carbocycles. The van der Waals surface area contributed by atoms with Gasteiger partial charge in [0.25, 0.3) is 5.91 Å². The van der Waals surface area contributed by atoms with Gasteiger partial charge in [0.1, 0.15) is 11.5 Å². The van der Waals surface area contributed by atoms with Crippen molar-refractivity contribution < 1.29 is 13.9 Å². The van der Waals surface area contributed by atoms with E-state index in [1.807, 2.05) is 49.4 Å². The summed E-state index contributed by atoms with van der Waals surface area (Å²) in [6.45, 7) is 1.97. The SMILES string of the molecule is COc1ccc(C)cc1N(C(=O)C=Cc1ccco1)c1nc2ccccc2s1. The van der Waals surface area contributed by atoms with Crippen LogP contribution in [-0.4, -0.2) is 18.0 Å². The Bertz CT molecular complexity index is 1110. The Labute approximate surface area is 166 Å². The second-order valence-electron chi connectivity index (χ2n) is 6.16. The van der Waals surface area contributed by atoms with Crippen LogP contribution in [0.25, 0.3) is 16.3 Å². The first-order valence-electron chi connectivity index (χ1n) is 8.71. The van der Waals surface area contributed by atoms with Gasteiger partial charge in [-0.2, -0.15) is 0 Å².